The normalized spacial score (nSPS) is 26.4. The largest absolute Gasteiger partial charge is 0.375 e. The van der Waals surface area contributed by atoms with E-state index in [9.17, 15) is 19.1 Å². The van der Waals surface area contributed by atoms with Crippen LogP contribution in [-0.4, -0.2) is 41.5 Å². The van der Waals surface area contributed by atoms with Gasteiger partial charge in [0.05, 0.1) is 5.56 Å². The highest BCUT2D eigenvalue weighted by Gasteiger charge is 2.57. The number of nitrogens with zero attached hydrogens (tertiary/aromatic N) is 1. The van der Waals surface area contributed by atoms with Gasteiger partial charge in [0.25, 0.3) is 11.8 Å². The summed E-state index contributed by atoms with van der Waals surface area (Å²) in [7, 11) is 0. The lowest BCUT2D eigenvalue weighted by Crippen LogP contribution is -2.49. The molecule has 2 aliphatic carbocycles. The van der Waals surface area contributed by atoms with Gasteiger partial charge >= 0.3 is 0 Å². The third kappa shape index (κ3) is 3.60. The second-order valence-electron chi connectivity index (χ2n) is 9.51. The highest BCUT2D eigenvalue weighted by atomic mass is 19.1. The van der Waals surface area contributed by atoms with Crippen LogP contribution in [-0.2, 0) is 10.4 Å². The van der Waals surface area contributed by atoms with Gasteiger partial charge in [-0.2, -0.15) is 0 Å². The van der Waals surface area contributed by atoms with E-state index in [0.717, 1.165) is 25.7 Å². The van der Waals surface area contributed by atoms with Crippen LogP contribution in [0.5, 0.6) is 0 Å². The molecule has 2 N–H and O–H groups in total. The second-order valence-corrected chi connectivity index (χ2v) is 9.51. The van der Waals surface area contributed by atoms with Crippen LogP contribution in [0.3, 0.4) is 0 Å². The lowest BCUT2D eigenvalue weighted by molar-refractivity contribution is -0.147. The van der Waals surface area contributed by atoms with Crippen molar-refractivity contribution in [2.75, 3.05) is 19.6 Å². The van der Waals surface area contributed by atoms with Gasteiger partial charge in [-0.25, -0.2) is 4.39 Å². The summed E-state index contributed by atoms with van der Waals surface area (Å²) in [6.07, 6.45) is 3.76. The number of carbonyl (C=O) groups excluding carboxylic acids is 2. The number of likely N-dealkylation sites (tertiary alicyclic amines) is 1. The summed E-state index contributed by atoms with van der Waals surface area (Å²) in [5.74, 6) is -0.207. The zero-order valence-electron chi connectivity index (χ0n) is 18.0. The van der Waals surface area contributed by atoms with Gasteiger partial charge in [0.15, 0.2) is 5.60 Å². The smallest absolute Gasteiger partial charge is 0.256 e. The van der Waals surface area contributed by atoms with E-state index in [1.165, 1.54) is 12.1 Å². The van der Waals surface area contributed by atoms with Crippen LogP contribution in [0.15, 0.2) is 54.6 Å². The summed E-state index contributed by atoms with van der Waals surface area (Å²) in [5.41, 5.74) is -0.737. The van der Waals surface area contributed by atoms with Crippen molar-refractivity contribution in [3.63, 3.8) is 0 Å². The van der Waals surface area contributed by atoms with Crippen molar-refractivity contribution in [1.29, 1.82) is 0 Å². The molecule has 3 aliphatic rings. The maximum absolute atomic E-state index is 13.9. The average Bonchev–Trinajstić information content (AvgIpc) is 3.23. The molecule has 0 bridgehead atoms. The van der Waals surface area contributed by atoms with Crippen molar-refractivity contribution in [2.24, 2.45) is 23.7 Å². The standard InChI is InChI=1S/C26H29FN2O3/c27-23-13-7-6-12-19(23)24(30)29-15-21-20(22(21)16-29)14-28-25(31)26(32,18-10-4-5-11-18)17-8-2-1-3-9-17/h1-3,6-9,12-13,18,20-22,32H,4-5,10-11,14-16H2,(H,28,31)/t20-,21-,22?,26?/m1/s1. The maximum atomic E-state index is 13.9. The number of carbonyl (C=O) groups is 2. The van der Waals surface area contributed by atoms with E-state index in [0.29, 0.717) is 43.0 Å². The van der Waals surface area contributed by atoms with Gasteiger partial charge in [-0.15, -0.1) is 0 Å². The molecule has 1 heterocycles. The van der Waals surface area contributed by atoms with Gasteiger partial charge in [0.2, 0.25) is 0 Å². The number of piperidine rings is 1. The lowest BCUT2D eigenvalue weighted by atomic mass is 9.79. The zero-order chi connectivity index (χ0) is 22.3. The fourth-order valence-electron chi connectivity index (χ4n) is 5.86. The third-order valence-electron chi connectivity index (χ3n) is 7.77. The van der Waals surface area contributed by atoms with Gasteiger partial charge in [-0.05, 0) is 48.3 Å². The summed E-state index contributed by atoms with van der Waals surface area (Å²) in [4.78, 5) is 27.6. The van der Waals surface area contributed by atoms with Gasteiger partial charge in [0.1, 0.15) is 5.82 Å². The first-order valence-electron chi connectivity index (χ1n) is 11.6. The van der Waals surface area contributed by atoms with Crippen LogP contribution >= 0.6 is 0 Å². The highest BCUT2D eigenvalue weighted by molar-refractivity contribution is 5.94. The van der Waals surface area contributed by atoms with Crippen LogP contribution in [0.4, 0.5) is 4.39 Å². The molecule has 0 spiro atoms. The SMILES string of the molecule is O=C(c1ccccc1F)N1CC2[C@H](CNC(=O)C(O)(c3ccccc3)C3CCCC3)[C@H]2C1. The molecule has 0 aromatic heterocycles. The molecule has 1 aliphatic heterocycles. The van der Waals surface area contributed by atoms with E-state index < -0.39 is 11.4 Å². The van der Waals surface area contributed by atoms with Crippen molar-refractivity contribution >= 4 is 11.8 Å². The molecule has 2 saturated carbocycles. The quantitative estimate of drug-likeness (QED) is 0.730. The minimum Gasteiger partial charge on any atom is -0.375 e. The molecule has 3 fully saturated rings. The van der Waals surface area contributed by atoms with Crippen molar-refractivity contribution in [1.82, 2.24) is 10.2 Å². The number of hydrogen-bond donors (Lipinski definition) is 2. The first-order chi connectivity index (χ1) is 15.5. The minimum atomic E-state index is -1.51. The number of halogens is 1. The maximum Gasteiger partial charge on any atom is 0.256 e. The summed E-state index contributed by atoms with van der Waals surface area (Å²) >= 11 is 0. The Bertz CT molecular complexity index is 995. The van der Waals surface area contributed by atoms with Gasteiger partial charge < -0.3 is 15.3 Å². The van der Waals surface area contributed by atoms with Crippen molar-refractivity contribution in [3.8, 4) is 0 Å². The van der Waals surface area contributed by atoms with Crippen LogP contribution in [0.1, 0.15) is 41.6 Å². The van der Waals surface area contributed by atoms with E-state index in [2.05, 4.69) is 5.32 Å². The van der Waals surface area contributed by atoms with Gasteiger partial charge in [-0.1, -0.05) is 55.3 Å². The van der Waals surface area contributed by atoms with E-state index in [4.69, 9.17) is 0 Å². The first kappa shape index (κ1) is 21.1. The molecule has 2 aromatic rings. The highest BCUT2D eigenvalue weighted by Crippen LogP contribution is 2.51. The Morgan fingerprint density at radius 3 is 2.28 bits per heavy atom. The summed E-state index contributed by atoms with van der Waals surface area (Å²) in [6.45, 7) is 1.67. The molecule has 2 amide bonds. The Morgan fingerprint density at radius 1 is 1.00 bits per heavy atom. The Balaban J connectivity index is 1.20. The lowest BCUT2D eigenvalue weighted by Gasteiger charge is -2.33. The van der Waals surface area contributed by atoms with Crippen LogP contribution in [0.25, 0.3) is 0 Å². The van der Waals surface area contributed by atoms with Crippen molar-refractivity contribution < 1.29 is 19.1 Å². The average molecular weight is 437 g/mol. The molecule has 168 valence electrons. The molecule has 2 aromatic carbocycles. The fraction of sp³-hybridized carbons (Fsp3) is 0.462. The second kappa shape index (κ2) is 8.32. The molecule has 4 atom stereocenters. The zero-order valence-corrected chi connectivity index (χ0v) is 18.0. The topological polar surface area (TPSA) is 69.6 Å². The number of aliphatic hydroxyl groups is 1. The predicted molar refractivity (Wildman–Crippen MR) is 118 cm³/mol. The number of fused-ring (bicyclic) bond motifs is 1. The predicted octanol–water partition coefficient (Wildman–Crippen LogP) is 3.34. The Morgan fingerprint density at radius 2 is 1.62 bits per heavy atom. The van der Waals surface area contributed by atoms with Gasteiger partial charge in [0, 0.05) is 25.6 Å². The molecule has 2 unspecified atom stereocenters. The summed E-state index contributed by atoms with van der Waals surface area (Å²) in [5, 5.41) is 14.6. The number of rotatable bonds is 6. The molecular weight excluding hydrogens is 407 g/mol. The summed E-state index contributed by atoms with van der Waals surface area (Å²) < 4.78 is 13.9. The van der Waals surface area contributed by atoms with Crippen molar-refractivity contribution in [3.05, 3.63) is 71.5 Å². The first-order valence-corrected chi connectivity index (χ1v) is 11.6. The molecule has 32 heavy (non-hydrogen) atoms. The number of nitrogens with one attached hydrogen (secondary N) is 1. The molecule has 1 saturated heterocycles. The molecule has 5 nitrogen and oxygen atoms in total. The molecule has 6 heteroatoms. The Labute approximate surface area is 187 Å². The monoisotopic (exact) mass is 436 g/mol. The van der Waals surface area contributed by atoms with Crippen LogP contribution in [0, 0.1) is 29.5 Å². The van der Waals surface area contributed by atoms with Crippen molar-refractivity contribution in [2.45, 2.75) is 31.3 Å². The Kier molecular flexibility index (Phi) is 5.49. The Hall–Kier alpha value is -2.73. The fourth-order valence-corrected chi connectivity index (χ4v) is 5.86. The summed E-state index contributed by atoms with van der Waals surface area (Å²) in [6, 6.07) is 15.3. The number of hydrogen-bond acceptors (Lipinski definition) is 3. The van der Waals surface area contributed by atoms with Gasteiger partial charge in [-0.3, -0.25) is 9.59 Å². The molecule has 5 rings (SSSR count). The minimum absolute atomic E-state index is 0.0718. The van der Waals surface area contributed by atoms with E-state index in [-0.39, 0.29) is 23.3 Å². The van der Waals surface area contributed by atoms with Crippen LogP contribution < -0.4 is 5.32 Å². The van der Waals surface area contributed by atoms with E-state index in [1.54, 1.807) is 17.0 Å². The van der Waals surface area contributed by atoms with Crippen LogP contribution in [0.2, 0.25) is 0 Å². The number of amides is 2. The number of benzene rings is 2. The van der Waals surface area contributed by atoms with E-state index in [1.807, 2.05) is 30.3 Å². The van der Waals surface area contributed by atoms with E-state index >= 15 is 0 Å². The molecule has 0 radical (unpaired) electrons. The third-order valence-corrected chi connectivity index (χ3v) is 7.77. The molecular formula is C26H29FN2O3.